The van der Waals surface area contributed by atoms with Gasteiger partial charge in [-0.1, -0.05) is 31.9 Å². The van der Waals surface area contributed by atoms with E-state index in [1.165, 1.54) is 12.8 Å². The maximum Gasteiger partial charge on any atom is 0.0897 e. The average Bonchev–Trinajstić information content (AvgIpc) is 1.97. The van der Waals surface area contributed by atoms with Gasteiger partial charge < -0.3 is 0 Å². The number of hydrogen-bond acceptors (Lipinski definition) is 0. The van der Waals surface area contributed by atoms with Gasteiger partial charge in [0.1, 0.15) is 0 Å². The molecule has 0 nitrogen and oxygen atoms in total. The molecule has 0 amide bonds. The fourth-order valence-electron chi connectivity index (χ4n) is 0.753. The molecule has 0 rings (SSSR count). The van der Waals surface area contributed by atoms with Gasteiger partial charge in [-0.15, -0.1) is 0 Å². The Morgan fingerprint density at radius 3 is 2.20 bits per heavy atom. The Bertz CT molecular complexity index is 66.8. The molecule has 0 spiro atoms. The zero-order valence-corrected chi connectivity index (χ0v) is 6.78. The zero-order chi connectivity index (χ0) is 7.66. The number of hydrogen-bond donors (Lipinski definition) is 0. The highest BCUT2D eigenvalue weighted by molar-refractivity contribution is 4.80. The van der Waals surface area contributed by atoms with E-state index < -0.39 is 0 Å². The van der Waals surface area contributed by atoms with Crippen molar-refractivity contribution in [3.05, 3.63) is 12.2 Å². The van der Waals surface area contributed by atoms with E-state index in [2.05, 4.69) is 19.1 Å². The molecule has 0 aromatic heterocycles. The Hall–Kier alpha value is -0.330. The first-order valence-corrected chi connectivity index (χ1v) is 4.12. The summed E-state index contributed by atoms with van der Waals surface area (Å²) in [6, 6.07) is 0. The van der Waals surface area contributed by atoms with Crippen LogP contribution in [0.15, 0.2) is 12.2 Å². The van der Waals surface area contributed by atoms with Gasteiger partial charge in [0.05, 0.1) is 6.67 Å². The maximum atomic E-state index is 11.5. The molecule has 0 fully saturated rings. The second-order valence-electron chi connectivity index (χ2n) is 2.44. The third-order valence-corrected chi connectivity index (χ3v) is 1.40. The van der Waals surface area contributed by atoms with E-state index in [-0.39, 0.29) is 6.67 Å². The quantitative estimate of drug-likeness (QED) is 0.395. The van der Waals surface area contributed by atoms with Gasteiger partial charge in [-0.2, -0.15) is 0 Å². The van der Waals surface area contributed by atoms with Gasteiger partial charge >= 0.3 is 0 Å². The molecular weight excluding hydrogens is 127 g/mol. The smallest absolute Gasteiger partial charge is 0.0897 e. The Labute approximate surface area is 63.1 Å². The SMILES string of the molecule is CCCCC=CCCCF. The van der Waals surface area contributed by atoms with Crippen molar-refractivity contribution in [3.8, 4) is 0 Å². The van der Waals surface area contributed by atoms with Crippen molar-refractivity contribution in [1.82, 2.24) is 0 Å². The van der Waals surface area contributed by atoms with Gasteiger partial charge in [-0.05, 0) is 19.3 Å². The van der Waals surface area contributed by atoms with Crippen LogP contribution in [0.1, 0.15) is 39.0 Å². The van der Waals surface area contributed by atoms with Crippen LogP contribution in [0.2, 0.25) is 0 Å². The number of allylic oxidation sites excluding steroid dienone is 2. The molecule has 0 aromatic rings. The van der Waals surface area contributed by atoms with Crippen molar-refractivity contribution in [2.24, 2.45) is 0 Å². The first kappa shape index (κ1) is 9.67. The minimum atomic E-state index is -0.182. The van der Waals surface area contributed by atoms with Crippen LogP contribution in [0.5, 0.6) is 0 Å². The summed E-state index contributed by atoms with van der Waals surface area (Å²) in [6.45, 7) is 1.99. The maximum absolute atomic E-state index is 11.5. The number of halogens is 1. The average molecular weight is 144 g/mol. The minimum absolute atomic E-state index is 0.182. The highest BCUT2D eigenvalue weighted by atomic mass is 19.1. The molecule has 60 valence electrons. The summed E-state index contributed by atoms with van der Waals surface area (Å²) < 4.78 is 11.5. The van der Waals surface area contributed by atoms with E-state index in [0.717, 1.165) is 12.8 Å². The molecular formula is C9H17F. The predicted octanol–water partition coefficient (Wildman–Crippen LogP) is 3.48. The molecule has 0 unspecified atom stereocenters. The Morgan fingerprint density at radius 2 is 1.70 bits per heavy atom. The molecule has 10 heavy (non-hydrogen) atoms. The van der Waals surface area contributed by atoms with Gasteiger partial charge in [-0.25, -0.2) is 0 Å². The molecule has 0 heterocycles. The van der Waals surface area contributed by atoms with Crippen LogP contribution in [-0.2, 0) is 0 Å². The van der Waals surface area contributed by atoms with Crippen LogP contribution in [-0.4, -0.2) is 6.67 Å². The van der Waals surface area contributed by atoms with Gasteiger partial charge in [0, 0.05) is 0 Å². The second kappa shape index (κ2) is 8.67. The number of rotatable bonds is 6. The summed E-state index contributed by atoms with van der Waals surface area (Å²) in [5, 5.41) is 0. The lowest BCUT2D eigenvalue weighted by atomic mass is 10.2. The fourth-order valence-corrected chi connectivity index (χ4v) is 0.753. The molecule has 0 aliphatic heterocycles. The summed E-state index contributed by atoms with van der Waals surface area (Å²) in [6.07, 6.45) is 9.47. The van der Waals surface area contributed by atoms with Crippen molar-refractivity contribution >= 4 is 0 Å². The highest BCUT2D eigenvalue weighted by Gasteiger charge is 1.80. The largest absolute Gasteiger partial charge is 0.251 e. The zero-order valence-electron chi connectivity index (χ0n) is 6.78. The Kier molecular flexibility index (Phi) is 8.38. The lowest BCUT2D eigenvalue weighted by molar-refractivity contribution is 0.475. The highest BCUT2D eigenvalue weighted by Crippen LogP contribution is 1.97. The third-order valence-electron chi connectivity index (χ3n) is 1.40. The predicted molar refractivity (Wildman–Crippen MR) is 43.9 cm³/mol. The Balaban J connectivity index is 2.89. The van der Waals surface area contributed by atoms with Crippen LogP contribution in [0, 0.1) is 0 Å². The summed E-state index contributed by atoms with van der Waals surface area (Å²) in [4.78, 5) is 0. The monoisotopic (exact) mass is 144 g/mol. The topological polar surface area (TPSA) is 0 Å². The van der Waals surface area contributed by atoms with E-state index in [1.54, 1.807) is 0 Å². The number of unbranched alkanes of at least 4 members (excludes halogenated alkanes) is 3. The molecule has 0 atom stereocenters. The van der Waals surface area contributed by atoms with Crippen molar-refractivity contribution in [2.75, 3.05) is 6.67 Å². The molecule has 1 heteroatoms. The van der Waals surface area contributed by atoms with E-state index in [1.807, 2.05) is 0 Å². The lowest BCUT2D eigenvalue weighted by Crippen LogP contribution is -1.72. The van der Waals surface area contributed by atoms with Crippen LogP contribution >= 0.6 is 0 Å². The van der Waals surface area contributed by atoms with Gasteiger partial charge in [-0.3, -0.25) is 4.39 Å². The first-order valence-electron chi connectivity index (χ1n) is 4.12. The molecule has 0 aliphatic carbocycles. The van der Waals surface area contributed by atoms with Gasteiger partial charge in [0.2, 0.25) is 0 Å². The van der Waals surface area contributed by atoms with Crippen molar-refractivity contribution in [3.63, 3.8) is 0 Å². The standard InChI is InChI=1S/C9H17F/c1-2-3-4-5-6-7-8-9-10/h5-6H,2-4,7-9H2,1H3. The number of alkyl halides is 1. The molecule has 0 N–H and O–H groups in total. The molecule has 0 radical (unpaired) electrons. The van der Waals surface area contributed by atoms with E-state index in [4.69, 9.17) is 0 Å². The fraction of sp³-hybridized carbons (Fsp3) is 0.778. The molecule has 0 saturated carbocycles. The lowest BCUT2D eigenvalue weighted by Gasteiger charge is -1.88. The minimum Gasteiger partial charge on any atom is -0.251 e. The van der Waals surface area contributed by atoms with E-state index in [9.17, 15) is 4.39 Å². The van der Waals surface area contributed by atoms with E-state index >= 15 is 0 Å². The summed E-state index contributed by atoms with van der Waals surface area (Å²) in [5.41, 5.74) is 0. The van der Waals surface area contributed by atoms with Crippen LogP contribution in [0.3, 0.4) is 0 Å². The van der Waals surface area contributed by atoms with Crippen LogP contribution in [0.25, 0.3) is 0 Å². The Morgan fingerprint density at radius 1 is 1.10 bits per heavy atom. The second-order valence-corrected chi connectivity index (χ2v) is 2.44. The third kappa shape index (κ3) is 7.67. The molecule has 0 bridgehead atoms. The van der Waals surface area contributed by atoms with Crippen LogP contribution < -0.4 is 0 Å². The van der Waals surface area contributed by atoms with Crippen molar-refractivity contribution in [1.29, 1.82) is 0 Å². The van der Waals surface area contributed by atoms with Crippen LogP contribution in [0.4, 0.5) is 4.39 Å². The van der Waals surface area contributed by atoms with Crippen molar-refractivity contribution < 1.29 is 4.39 Å². The molecule has 0 aromatic carbocycles. The summed E-state index contributed by atoms with van der Waals surface area (Å²) >= 11 is 0. The summed E-state index contributed by atoms with van der Waals surface area (Å²) in [5.74, 6) is 0. The van der Waals surface area contributed by atoms with Gasteiger partial charge in [0.25, 0.3) is 0 Å². The molecule has 0 saturated heterocycles. The normalized spacial score (nSPS) is 11.0. The summed E-state index contributed by atoms with van der Waals surface area (Å²) in [7, 11) is 0. The first-order chi connectivity index (χ1) is 4.91. The van der Waals surface area contributed by atoms with Crippen molar-refractivity contribution in [2.45, 2.75) is 39.0 Å². The molecule has 0 aliphatic rings. The van der Waals surface area contributed by atoms with E-state index in [0.29, 0.717) is 6.42 Å². The van der Waals surface area contributed by atoms with Gasteiger partial charge in [0.15, 0.2) is 0 Å².